The zero-order chi connectivity index (χ0) is 19.5. The number of rotatable bonds is 6. The zero-order valence-electron chi connectivity index (χ0n) is 14.2. The standard InChI is InChI=1S/C17H19F2N3O3S/c1-11(12-6-8-13(9-7-12)26(20,24)25)22(2)10-16(23)21-17-14(18)4-3-5-15(17)19/h3-9,11H,10H2,1-2H3,(H,21,23)(H2,20,24,25). The average Bonchev–Trinajstić information content (AvgIpc) is 2.57. The van der Waals surface area contributed by atoms with E-state index < -0.39 is 33.3 Å². The number of nitrogens with two attached hydrogens (primary N) is 1. The minimum atomic E-state index is -3.78. The maximum absolute atomic E-state index is 13.6. The largest absolute Gasteiger partial charge is 0.320 e. The maximum atomic E-state index is 13.6. The molecule has 3 N–H and O–H groups in total. The second-order valence-corrected chi connectivity index (χ2v) is 7.41. The van der Waals surface area contributed by atoms with Gasteiger partial charge in [-0.1, -0.05) is 18.2 Å². The Balaban J connectivity index is 2.04. The third-order valence-electron chi connectivity index (χ3n) is 3.97. The van der Waals surface area contributed by atoms with Crippen LogP contribution in [0.25, 0.3) is 0 Å². The van der Waals surface area contributed by atoms with Crippen molar-refractivity contribution in [3.05, 3.63) is 59.7 Å². The van der Waals surface area contributed by atoms with E-state index in [4.69, 9.17) is 5.14 Å². The second kappa shape index (κ2) is 7.90. The van der Waals surface area contributed by atoms with Crippen LogP contribution in [0.4, 0.5) is 14.5 Å². The molecule has 0 saturated heterocycles. The lowest BCUT2D eigenvalue weighted by atomic mass is 10.1. The molecule has 0 radical (unpaired) electrons. The molecule has 140 valence electrons. The molecule has 2 aromatic carbocycles. The Morgan fingerprint density at radius 2 is 1.69 bits per heavy atom. The van der Waals surface area contributed by atoms with E-state index >= 15 is 0 Å². The van der Waals surface area contributed by atoms with Gasteiger partial charge in [-0.25, -0.2) is 22.3 Å². The Kier molecular flexibility index (Phi) is 6.06. The number of benzene rings is 2. The number of likely N-dealkylation sites (N-methyl/N-ethyl adjacent to an activating group) is 1. The molecule has 2 aromatic rings. The average molecular weight is 383 g/mol. The van der Waals surface area contributed by atoms with Crippen molar-refractivity contribution in [1.82, 2.24) is 4.90 Å². The summed E-state index contributed by atoms with van der Waals surface area (Å²) in [6, 6.07) is 9.01. The molecule has 0 aromatic heterocycles. The predicted octanol–water partition coefficient (Wildman–Crippen LogP) is 2.24. The first-order chi connectivity index (χ1) is 12.1. The van der Waals surface area contributed by atoms with Crippen molar-refractivity contribution in [3.63, 3.8) is 0 Å². The van der Waals surface area contributed by atoms with Crippen LogP contribution in [0.3, 0.4) is 0 Å². The fourth-order valence-corrected chi connectivity index (χ4v) is 2.87. The monoisotopic (exact) mass is 383 g/mol. The van der Waals surface area contributed by atoms with Crippen LogP contribution >= 0.6 is 0 Å². The summed E-state index contributed by atoms with van der Waals surface area (Å²) in [4.78, 5) is 13.7. The van der Waals surface area contributed by atoms with E-state index in [9.17, 15) is 22.0 Å². The zero-order valence-corrected chi connectivity index (χ0v) is 15.1. The van der Waals surface area contributed by atoms with Crippen molar-refractivity contribution >= 4 is 21.6 Å². The molecule has 0 bridgehead atoms. The number of carbonyl (C=O) groups excluding carboxylic acids is 1. The SMILES string of the molecule is CC(c1ccc(S(N)(=O)=O)cc1)N(C)CC(=O)Nc1c(F)cccc1F. The highest BCUT2D eigenvalue weighted by atomic mass is 32.2. The van der Waals surface area contributed by atoms with Gasteiger partial charge in [-0.05, 0) is 43.8 Å². The molecule has 1 atom stereocenters. The van der Waals surface area contributed by atoms with Gasteiger partial charge in [0.15, 0.2) is 0 Å². The number of para-hydroxylation sites is 1. The molecule has 1 amide bonds. The summed E-state index contributed by atoms with van der Waals surface area (Å²) in [5.41, 5.74) is 0.265. The Bertz CT molecular complexity index is 882. The quantitative estimate of drug-likeness (QED) is 0.800. The molecule has 9 heteroatoms. The Hall–Kier alpha value is -2.36. The molecule has 0 saturated carbocycles. The van der Waals surface area contributed by atoms with Gasteiger partial charge in [-0.3, -0.25) is 9.69 Å². The highest BCUT2D eigenvalue weighted by Crippen LogP contribution is 2.21. The van der Waals surface area contributed by atoms with E-state index in [0.717, 1.165) is 17.7 Å². The van der Waals surface area contributed by atoms with Gasteiger partial charge in [-0.15, -0.1) is 0 Å². The Labute approximate surface area is 150 Å². The van der Waals surface area contributed by atoms with Crippen molar-refractivity contribution in [2.75, 3.05) is 18.9 Å². The van der Waals surface area contributed by atoms with Crippen LogP contribution in [0, 0.1) is 11.6 Å². The molecular formula is C17H19F2N3O3S. The fourth-order valence-electron chi connectivity index (χ4n) is 2.35. The highest BCUT2D eigenvalue weighted by molar-refractivity contribution is 7.89. The van der Waals surface area contributed by atoms with Crippen LogP contribution in [-0.4, -0.2) is 32.8 Å². The van der Waals surface area contributed by atoms with Gasteiger partial charge in [0.2, 0.25) is 15.9 Å². The lowest BCUT2D eigenvalue weighted by Crippen LogP contribution is -2.32. The van der Waals surface area contributed by atoms with Gasteiger partial charge in [0.1, 0.15) is 17.3 Å². The minimum Gasteiger partial charge on any atom is -0.320 e. The van der Waals surface area contributed by atoms with Gasteiger partial charge in [-0.2, -0.15) is 0 Å². The normalized spacial score (nSPS) is 12.8. The fraction of sp³-hybridized carbons (Fsp3) is 0.235. The first-order valence-corrected chi connectivity index (χ1v) is 9.21. The van der Waals surface area contributed by atoms with E-state index in [2.05, 4.69) is 5.32 Å². The maximum Gasteiger partial charge on any atom is 0.238 e. The van der Waals surface area contributed by atoms with Gasteiger partial charge in [0.05, 0.1) is 11.4 Å². The molecule has 26 heavy (non-hydrogen) atoms. The molecule has 0 aliphatic rings. The van der Waals surface area contributed by atoms with E-state index in [-0.39, 0.29) is 17.5 Å². The first kappa shape index (κ1) is 20.0. The minimum absolute atomic E-state index is 0.0103. The first-order valence-electron chi connectivity index (χ1n) is 7.66. The number of nitrogens with one attached hydrogen (secondary N) is 1. The molecule has 6 nitrogen and oxygen atoms in total. The predicted molar refractivity (Wildman–Crippen MR) is 93.8 cm³/mol. The number of carbonyl (C=O) groups is 1. The number of hydrogen-bond donors (Lipinski definition) is 2. The van der Waals surface area contributed by atoms with Crippen molar-refractivity contribution in [2.45, 2.75) is 17.9 Å². The lowest BCUT2D eigenvalue weighted by Gasteiger charge is -2.24. The molecule has 1 unspecified atom stereocenters. The molecule has 0 aliphatic carbocycles. The van der Waals surface area contributed by atoms with Crippen molar-refractivity contribution in [3.8, 4) is 0 Å². The molecular weight excluding hydrogens is 364 g/mol. The smallest absolute Gasteiger partial charge is 0.238 e. The van der Waals surface area contributed by atoms with Crippen LogP contribution < -0.4 is 10.5 Å². The molecule has 0 spiro atoms. The number of nitrogens with zero attached hydrogens (tertiary/aromatic N) is 1. The van der Waals surface area contributed by atoms with Crippen LogP contribution in [0.1, 0.15) is 18.5 Å². The number of halogens is 2. The Morgan fingerprint density at radius 1 is 1.15 bits per heavy atom. The van der Waals surface area contributed by atoms with E-state index in [1.165, 1.54) is 18.2 Å². The number of sulfonamides is 1. The van der Waals surface area contributed by atoms with E-state index in [0.29, 0.717) is 0 Å². The van der Waals surface area contributed by atoms with E-state index in [1.807, 2.05) is 6.92 Å². The topological polar surface area (TPSA) is 92.5 Å². The van der Waals surface area contributed by atoms with Gasteiger partial charge in [0, 0.05) is 6.04 Å². The third kappa shape index (κ3) is 4.84. The molecule has 0 fully saturated rings. The number of hydrogen-bond acceptors (Lipinski definition) is 4. The summed E-state index contributed by atoms with van der Waals surface area (Å²) in [7, 11) is -2.11. The summed E-state index contributed by atoms with van der Waals surface area (Å²) >= 11 is 0. The Morgan fingerprint density at radius 3 is 2.19 bits per heavy atom. The summed E-state index contributed by atoms with van der Waals surface area (Å²) in [5, 5.41) is 7.27. The van der Waals surface area contributed by atoms with Crippen molar-refractivity contribution in [2.24, 2.45) is 5.14 Å². The van der Waals surface area contributed by atoms with Crippen LogP contribution in [0.2, 0.25) is 0 Å². The van der Waals surface area contributed by atoms with Gasteiger partial charge < -0.3 is 5.32 Å². The van der Waals surface area contributed by atoms with Gasteiger partial charge in [0.25, 0.3) is 0 Å². The van der Waals surface area contributed by atoms with E-state index in [1.54, 1.807) is 24.1 Å². The molecule has 2 rings (SSSR count). The number of primary sulfonamides is 1. The third-order valence-corrected chi connectivity index (χ3v) is 4.90. The van der Waals surface area contributed by atoms with Gasteiger partial charge >= 0.3 is 0 Å². The number of amides is 1. The molecule has 0 aliphatic heterocycles. The summed E-state index contributed by atoms with van der Waals surface area (Å²) < 4.78 is 49.7. The summed E-state index contributed by atoms with van der Waals surface area (Å²) in [6.45, 7) is 1.69. The van der Waals surface area contributed by atoms with Crippen LogP contribution in [0.15, 0.2) is 47.4 Å². The van der Waals surface area contributed by atoms with Crippen molar-refractivity contribution in [1.29, 1.82) is 0 Å². The lowest BCUT2D eigenvalue weighted by molar-refractivity contribution is -0.117. The van der Waals surface area contributed by atoms with Crippen LogP contribution in [0.5, 0.6) is 0 Å². The van der Waals surface area contributed by atoms with Crippen molar-refractivity contribution < 1.29 is 22.0 Å². The molecule has 0 heterocycles. The van der Waals surface area contributed by atoms with Crippen LogP contribution in [-0.2, 0) is 14.8 Å². The number of anilines is 1. The highest BCUT2D eigenvalue weighted by Gasteiger charge is 2.18. The summed E-state index contributed by atoms with van der Waals surface area (Å²) in [5.74, 6) is -2.29. The summed E-state index contributed by atoms with van der Waals surface area (Å²) in [6.07, 6.45) is 0. The second-order valence-electron chi connectivity index (χ2n) is 5.85.